The number of carbonyl (C=O) groups excluding carboxylic acids is 1. The van der Waals surface area contributed by atoms with Crippen molar-refractivity contribution in [3.05, 3.63) is 82.2 Å². The summed E-state index contributed by atoms with van der Waals surface area (Å²) in [5.74, 6) is 0.426. The molecule has 2 aromatic carbocycles. The first kappa shape index (κ1) is 17.6. The van der Waals surface area contributed by atoms with Crippen molar-refractivity contribution < 1.29 is 19.5 Å². The van der Waals surface area contributed by atoms with Gasteiger partial charge in [0.1, 0.15) is 11.5 Å². The van der Waals surface area contributed by atoms with Crippen molar-refractivity contribution in [2.24, 2.45) is 0 Å². The molecule has 0 saturated heterocycles. The molecule has 0 spiro atoms. The van der Waals surface area contributed by atoms with E-state index in [-0.39, 0.29) is 29.1 Å². The minimum Gasteiger partial charge on any atom is -0.508 e. The Balaban J connectivity index is 1.64. The fraction of sp³-hybridized carbons (Fsp3) is 0.217. The molecular formula is C23H20N2O4. The number of carbonyl (C=O) groups is 1. The largest absolute Gasteiger partial charge is 0.508 e. The number of fused-ring (bicyclic) bond motifs is 1. The SMILES string of the molecule is Cc1noc2c1C(c1cccc(O)c1)C1=C(CC(c3ccccc3O)CC1=O)N2. The van der Waals surface area contributed by atoms with Crippen molar-refractivity contribution in [3.63, 3.8) is 0 Å². The van der Waals surface area contributed by atoms with Crippen LogP contribution in [0.25, 0.3) is 0 Å². The average Bonchev–Trinajstić information content (AvgIpc) is 3.07. The lowest BCUT2D eigenvalue weighted by Crippen LogP contribution is -2.29. The number of nitrogens with one attached hydrogen (secondary N) is 1. The number of rotatable bonds is 2. The van der Waals surface area contributed by atoms with E-state index in [1.54, 1.807) is 30.3 Å². The third kappa shape index (κ3) is 2.79. The molecule has 0 amide bonds. The summed E-state index contributed by atoms with van der Waals surface area (Å²) >= 11 is 0. The molecule has 3 aromatic rings. The van der Waals surface area contributed by atoms with Crippen molar-refractivity contribution in [2.45, 2.75) is 31.6 Å². The number of phenols is 2. The van der Waals surface area contributed by atoms with Crippen molar-refractivity contribution >= 4 is 11.7 Å². The van der Waals surface area contributed by atoms with E-state index >= 15 is 0 Å². The Kier molecular flexibility index (Phi) is 3.94. The van der Waals surface area contributed by atoms with Gasteiger partial charge in [0.05, 0.1) is 11.3 Å². The highest BCUT2D eigenvalue weighted by Crippen LogP contribution is 2.49. The number of phenolic OH excluding ortho intramolecular Hbond substituents is 2. The minimum atomic E-state index is -0.350. The predicted molar refractivity (Wildman–Crippen MR) is 107 cm³/mol. The smallest absolute Gasteiger partial charge is 0.233 e. The van der Waals surface area contributed by atoms with Crippen molar-refractivity contribution in [3.8, 4) is 11.5 Å². The molecule has 2 unspecified atom stereocenters. The fourth-order valence-electron chi connectivity index (χ4n) is 4.56. The number of para-hydroxylation sites is 1. The Hall–Kier alpha value is -3.54. The fourth-order valence-corrected chi connectivity index (χ4v) is 4.56. The predicted octanol–water partition coefficient (Wildman–Crippen LogP) is 4.35. The first-order valence-corrected chi connectivity index (χ1v) is 9.59. The molecule has 1 aromatic heterocycles. The van der Waals surface area contributed by atoms with Gasteiger partial charge >= 0.3 is 0 Å². The van der Waals surface area contributed by atoms with Crippen LogP contribution in [0.15, 0.2) is 64.3 Å². The van der Waals surface area contributed by atoms with Gasteiger partial charge in [0.25, 0.3) is 0 Å². The van der Waals surface area contributed by atoms with Gasteiger partial charge in [-0.1, -0.05) is 35.5 Å². The number of Topliss-reactive ketones (excluding diaryl/α,β-unsaturated/α-hetero) is 1. The molecule has 2 heterocycles. The van der Waals surface area contributed by atoms with Crippen LogP contribution in [0.2, 0.25) is 0 Å². The molecule has 1 aliphatic heterocycles. The quantitative estimate of drug-likeness (QED) is 0.604. The number of aromatic nitrogens is 1. The van der Waals surface area contributed by atoms with Crippen LogP contribution in [-0.2, 0) is 4.79 Å². The van der Waals surface area contributed by atoms with E-state index in [1.807, 2.05) is 25.1 Å². The maximum absolute atomic E-state index is 13.3. The summed E-state index contributed by atoms with van der Waals surface area (Å²) in [4.78, 5) is 13.3. The zero-order valence-corrected chi connectivity index (χ0v) is 15.8. The monoisotopic (exact) mass is 388 g/mol. The molecule has 0 saturated carbocycles. The second-order valence-electron chi connectivity index (χ2n) is 7.64. The number of anilines is 1. The number of allylic oxidation sites excluding steroid dienone is 2. The summed E-state index contributed by atoms with van der Waals surface area (Å²) in [6, 6.07) is 14.1. The van der Waals surface area contributed by atoms with Gasteiger partial charge in [-0.05, 0) is 42.7 Å². The Labute approximate surface area is 167 Å². The maximum Gasteiger partial charge on any atom is 0.233 e. The summed E-state index contributed by atoms with van der Waals surface area (Å²) in [6.07, 6.45) is 0.889. The lowest BCUT2D eigenvalue weighted by atomic mass is 9.72. The molecule has 0 bridgehead atoms. The zero-order valence-electron chi connectivity index (χ0n) is 15.8. The third-order valence-corrected chi connectivity index (χ3v) is 5.84. The van der Waals surface area contributed by atoms with Crippen LogP contribution in [0.4, 0.5) is 5.88 Å². The topological polar surface area (TPSA) is 95.6 Å². The van der Waals surface area contributed by atoms with E-state index in [2.05, 4.69) is 10.5 Å². The van der Waals surface area contributed by atoms with Crippen LogP contribution >= 0.6 is 0 Å². The van der Waals surface area contributed by atoms with E-state index in [9.17, 15) is 15.0 Å². The first-order valence-electron chi connectivity index (χ1n) is 9.59. The minimum absolute atomic E-state index is 0.0200. The normalized spacial score (nSPS) is 20.8. The van der Waals surface area contributed by atoms with E-state index in [1.165, 1.54) is 0 Å². The van der Waals surface area contributed by atoms with Crippen LogP contribution in [0.5, 0.6) is 11.5 Å². The Morgan fingerprint density at radius 3 is 2.72 bits per heavy atom. The number of hydrogen-bond acceptors (Lipinski definition) is 6. The molecule has 3 N–H and O–H groups in total. The van der Waals surface area contributed by atoms with Crippen molar-refractivity contribution in [1.82, 2.24) is 5.16 Å². The molecule has 2 atom stereocenters. The Morgan fingerprint density at radius 1 is 1.10 bits per heavy atom. The van der Waals surface area contributed by atoms with Crippen LogP contribution in [0.1, 0.15) is 47.1 Å². The van der Waals surface area contributed by atoms with Gasteiger partial charge in [-0.15, -0.1) is 0 Å². The van der Waals surface area contributed by atoms with Crippen molar-refractivity contribution in [2.75, 3.05) is 5.32 Å². The number of aromatic hydroxyl groups is 2. The van der Waals surface area contributed by atoms with Gasteiger partial charge in [0.15, 0.2) is 5.78 Å². The van der Waals surface area contributed by atoms with E-state index in [0.29, 0.717) is 30.0 Å². The summed E-state index contributed by atoms with van der Waals surface area (Å²) in [5, 5.41) is 27.6. The van der Waals surface area contributed by atoms with Gasteiger partial charge in [-0.25, -0.2) is 0 Å². The highest BCUT2D eigenvalue weighted by Gasteiger charge is 2.41. The highest BCUT2D eigenvalue weighted by molar-refractivity contribution is 6.01. The molecule has 146 valence electrons. The summed E-state index contributed by atoms with van der Waals surface area (Å²) in [6.45, 7) is 1.85. The lowest BCUT2D eigenvalue weighted by molar-refractivity contribution is -0.116. The van der Waals surface area contributed by atoms with Crippen molar-refractivity contribution in [1.29, 1.82) is 0 Å². The third-order valence-electron chi connectivity index (χ3n) is 5.84. The number of aryl methyl sites for hydroxylation is 1. The van der Waals surface area contributed by atoms with Gasteiger partial charge in [-0.3, -0.25) is 4.79 Å². The Bertz CT molecular complexity index is 1160. The molecule has 0 radical (unpaired) electrons. The van der Waals surface area contributed by atoms with Crippen LogP contribution in [0, 0.1) is 6.92 Å². The number of ketones is 1. The summed E-state index contributed by atoms with van der Waals surface area (Å²) < 4.78 is 5.50. The van der Waals surface area contributed by atoms with E-state index in [0.717, 1.165) is 22.4 Å². The number of nitrogens with zero attached hydrogens (tertiary/aromatic N) is 1. The highest BCUT2D eigenvalue weighted by atomic mass is 16.5. The van der Waals surface area contributed by atoms with E-state index in [4.69, 9.17) is 4.52 Å². The number of benzene rings is 2. The standard InChI is InChI=1S/C23H20N2O4/c1-12-20-21(13-5-4-6-15(26)9-13)22-17(24-23(20)29-25-12)10-14(11-19(22)28)16-7-2-3-8-18(16)27/h2-9,14,21,24,26-27H,10-11H2,1H3. The second-order valence-corrected chi connectivity index (χ2v) is 7.64. The van der Waals surface area contributed by atoms with Crippen LogP contribution in [0.3, 0.4) is 0 Å². The van der Waals surface area contributed by atoms with Gasteiger partial charge in [-0.2, -0.15) is 0 Å². The van der Waals surface area contributed by atoms with E-state index < -0.39 is 0 Å². The van der Waals surface area contributed by atoms with Gasteiger partial charge < -0.3 is 20.1 Å². The molecule has 6 nitrogen and oxygen atoms in total. The molecule has 2 aliphatic rings. The van der Waals surface area contributed by atoms with Crippen LogP contribution < -0.4 is 5.32 Å². The summed E-state index contributed by atoms with van der Waals surface area (Å²) in [7, 11) is 0. The summed E-state index contributed by atoms with van der Waals surface area (Å²) in [5.41, 5.74) is 4.59. The molecule has 1 aliphatic carbocycles. The molecular weight excluding hydrogens is 368 g/mol. The maximum atomic E-state index is 13.3. The molecule has 6 heteroatoms. The van der Waals surface area contributed by atoms with Gasteiger partial charge in [0, 0.05) is 29.5 Å². The lowest BCUT2D eigenvalue weighted by Gasteiger charge is -2.34. The van der Waals surface area contributed by atoms with Gasteiger partial charge in [0.2, 0.25) is 5.88 Å². The molecule has 29 heavy (non-hydrogen) atoms. The Morgan fingerprint density at radius 2 is 1.93 bits per heavy atom. The van der Waals surface area contributed by atoms with Crippen LogP contribution in [-0.4, -0.2) is 21.2 Å². The molecule has 5 rings (SSSR count). The molecule has 0 fully saturated rings. The first-order chi connectivity index (χ1) is 14.0. The second kappa shape index (κ2) is 6.51. The average molecular weight is 388 g/mol. The zero-order chi connectivity index (χ0) is 20.1. The number of hydrogen-bond donors (Lipinski definition) is 3.